The Bertz CT molecular complexity index is 1070. The second-order valence-electron chi connectivity index (χ2n) is 7.26. The van der Waals surface area contributed by atoms with Crippen molar-refractivity contribution in [2.45, 2.75) is 18.6 Å². The molecule has 1 unspecified atom stereocenters. The van der Waals surface area contributed by atoms with Crippen LogP contribution in [0.1, 0.15) is 23.6 Å². The van der Waals surface area contributed by atoms with E-state index in [1.807, 2.05) is 18.2 Å². The van der Waals surface area contributed by atoms with E-state index in [9.17, 15) is 22.8 Å². The number of carbonyl (C=O) groups is 2. The molecule has 0 aliphatic rings. The third-order valence-electron chi connectivity index (χ3n) is 4.75. The smallest absolute Gasteiger partial charge is 0.375 e. The molecule has 1 aromatic heterocycles. The van der Waals surface area contributed by atoms with E-state index in [0.717, 1.165) is 17.6 Å². The minimum absolute atomic E-state index is 0.0903. The summed E-state index contributed by atoms with van der Waals surface area (Å²) in [5.74, 6) is -0.389. The molecule has 0 radical (unpaired) electrons. The second-order valence-corrected chi connectivity index (χ2v) is 7.26. The zero-order valence-electron chi connectivity index (χ0n) is 17.8. The molecule has 0 fully saturated rings. The summed E-state index contributed by atoms with van der Waals surface area (Å²) in [7, 11) is 1.39. The summed E-state index contributed by atoms with van der Waals surface area (Å²) in [5.41, 5.74) is 0.907. The molecule has 0 saturated carbocycles. The molecule has 0 bridgehead atoms. The zero-order chi connectivity index (χ0) is 23.8. The van der Waals surface area contributed by atoms with Crippen LogP contribution in [0, 0.1) is 0 Å². The van der Waals surface area contributed by atoms with Crippen LogP contribution in [0.2, 0.25) is 0 Å². The third kappa shape index (κ3) is 6.94. The number of alkyl halides is 3. The monoisotopic (exact) mass is 463 g/mol. The molecule has 3 aromatic rings. The van der Waals surface area contributed by atoms with E-state index in [4.69, 9.17) is 4.74 Å². The van der Waals surface area contributed by atoms with Gasteiger partial charge < -0.3 is 25.7 Å². The molecule has 0 saturated heterocycles. The van der Waals surface area contributed by atoms with Gasteiger partial charge in [0.1, 0.15) is 6.61 Å². The van der Waals surface area contributed by atoms with Crippen molar-refractivity contribution in [3.63, 3.8) is 0 Å². The number of para-hydroxylation sites is 2. The molecule has 1 atom stereocenters. The van der Waals surface area contributed by atoms with Gasteiger partial charge in [-0.25, -0.2) is 4.98 Å². The summed E-state index contributed by atoms with van der Waals surface area (Å²) in [6, 6.07) is 11.3. The first-order chi connectivity index (χ1) is 15.8. The largest absolute Gasteiger partial charge is 0.416 e. The van der Waals surface area contributed by atoms with E-state index in [2.05, 4.69) is 25.9 Å². The highest BCUT2D eigenvalue weighted by Gasteiger charge is 2.31. The summed E-state index contributed by atoms with van der Waals surface area (Å²) in [6.45, 7) is 0.264. The third-order valence-corrected chi connectivity index (χ3v) is 4.75. The number of carbonyl (C=O) groups excluding carboxylic acids is 2. The summed E-state index contributed by atoms with van der Waals surface area (Å²) >= 11 is 0. The number of anilines is 1. The van der Waals surface area contributed by atoms with Crippen molar-refractivity contribution in [2.24, 2.45) is 0 Å². The fraction of sp³-hybridized carbons (Fsp3) is 0.318. The molecule has 3 rings (SSSR count). The fourth-order valence-corrected chi connectivity index (χ4v) is 3.21. The first-order valence-electron chi connectivity index (χ1n) is 10.2. The Morgan fingerprint density at radius 2 is 1.79 bits per heavy atom. The quantitative estimate of drug-likeness (QED) is 0.346. The number of halogens is 3. The molecule has 11 heteroatoms. The minimum Gasteiger partial charge on any atom is -0.375 e. The first kappa shape index (κ1) is 24.1. The van der Waals surface area contributed by atoms with Gasteiger partial charge in [-0.15, -0.1) is 0 Å². The number of methoxy groups -OCH3 is 1. The maximum absolute atomic E-state index is 13.2. The summed E-state index contributed by atoms with van der Waals surface area (Å²) < 4.78 is 44.4. The van der Waals surface area contributed by atoms with E-state index in [1.54, 1.807) is 6.07 Å². The van der Waals surface area contributed by atoms with E-state index in [-0.39, 0.29) is 37.6 Å². The lowest BCUT2D eigenvalue weighted by Gasteiger charge is -2.20. The Morgan fingerprint density at radius 3 is 2.48 bits per heavy atom. The lowest BCUT2D eigenvalue weighted by atomic mass is 10.0. The van der Waals surface area contributed by atoms with Gasteiger partial charge in [0.2, 0.25) is 17.8 Å². The predicted molar refractivity (Wildman–Crippen MR) is 116 cm³/mol. The van der Waals surface area contributed by atoms with Crippen LogP contribution in [0.4, 0.5) is 19.1 Å². The Morgan fingerprint density at radius 1 is 1.06 bits per heavy atom. The number of ether oxygens (including phenoxy) is 1. The van der Waals surface area contributed by atoms with Crippen molar-refractivity contribution in [1.82, 2.24) is 20.6 Å². The molecule has 1 heterocycles. The SMILES string of the molecule is COCC(=O)NCCNC(=O)CC(Nc1nc2ccccc2[nH]1)c1cccc(C(F)(F)F)c1. The lowest BCUT2D eigenvalue weighted by Crippen LogP contribution is -2.36. The van der Waals surface area contributed by atoms with Crippen LogP contribution in [-0.2, 0) is 20.5 Å². The molecule has 2 amide bonds. The second kappa shape index (κ2) is 10.8. The molecule has 33 heavy (non-hydrogen) atoms. The number of aromatic amines is 1. The van der Waals surface area contributed by atoms with Gasteiger partial charge >= 0.3 is 6.18 Å². The number of hydrogen-bond acceptors (Lipinski definition) is 5. The van der Waals surface area contributed by atoms with Crippen molar-refractivity contribution < 1.29 is 27.5 Å². The molecule has 2 aromatic carbocycles. The molecule has 8 nitrogen and oxygen atoms in total. The van der Waals surface area contributed by atoms with Gasteiger partial charge in [0, 0.05) is 20.2 Å². The molecule has 176 valence electrons. The van der Waals surface area contributed by atoms with Gasteiger partial charge in [-0.05, 0) is 29.8 Å². The van der Waals surface area contributed by atoms with Gasteiger partial charge in [-0.1, -0.05) is 24.3 Å². The number of fused-ring (bicyclic) bond motifs is 1. The Hall–Kier alpha value is -3.60. The van der Waals surface area contributed by atoms with Crippen LogP contribution in [0.5, 0.6) is 0 Å². The van der Waals surface area contributed by atoms with Crippen molar-refractivity contribution in [1.29, 1.82) is 0 Å². The van der Waals surface area contributed by atoms with Gasteiger partial charge in [0.25, 0.3) is 0 Å². The number of nitrogens with zero attached hydrogens (tertiary/aromatic N) is 1. The summed E-state index contributed by atoms with van der Waals surface area (Å²) in [5, 5.41) is 8.26. The fourth-order valence-electron chi connectivity index (χ4n) is 3.21. The molecule has 0 aliphatic carbocycles. The minimum atomic E-state index is -4.51. The number of benzene rings is 2. The van der Waals surface area contributed by atoms with Gasteiger partial charge in [-0.3, -0.25) is 9.59 Å². The number of aromatic nitrogens is 2. The van der Waals surface area contributed by atoms with Gasteiger partial charge in [0.05, 0.1) is 29.1 Å². The Labute approximate surface area is 187 Å². The van der Waals surface area contributed by atoms with Crippen LogP contribution in [0.15, 0.2) is 48.5 Å². The molecular formula is C22H24F3N5O3. The average molecular weight is 463 g/mol. The highest BCUT2D eigenvalue weighted by molar-refractivity contribution is 5.79. The molecule has 4 N–H and O–H groups in total. The van der Waals surface area contributed by atoms with Crippen LogP contribution in [-0.4, -0.2) is 48.6 Å². The van der Waals surface area contributed by atoms with Crippen LogP contribution in [0.25, 0.3) is 11.0 Å². The van der Waals surface area contributed by atoms with E-state index < -0.39 is 23.7 Å². The molecule has 0 spiro atoms. The normalized spacial score (nSPS) is 12.4. The van der Waals surface area contributed by atoms with Crippen molar-refractivity contribution in [3.8, 4) is 0 Å². The lowest BCUT2D eigenvalue weighted by molar-refractivity contribution is -0.137. The number of rotatable bonds is 10. The maximum atomic E-state index is 13.2. The maximum Gasteiger partial charge on any atom is 0.416 e. The van der Waals surface area contributed by atoms with E-state index in [1.165, 1.54) is 19.2 Å². The standard InChI is InChI=1S/C22H24F3N5O3/c1-33-13-20(32)27-10-9-26-19(31)12-18(14-5-4-6-15(11-14)22(23,24)25)30-21-28-16-7-2-3-8-17(16)29-21/h2-8,11,18H,9-10,12-13H2,1H3,(H,26,31)(H,27,32)(H2,28,29,30). The molecular weight excluding hydrogens is 439 g/mol. The number of imidazole rings is 1. The Kier molecular flexibility index (Phi) is 7.88. The number of nitrogens with one attached hydrogen (secondary N) is 4. The Balaban J connectivity index is 1.73. The van der Waals surface area contributed by atoms with Gasteiger partial charge in [-0.2, -0.15) is 13.2 Å². The summed E-state index contributed by atoms with van der Waals surface area (Å²) in [4.78, 5) is 31.3. The van der Waals surface area contributed by atoms with E-state index in [0.29, 0.717) is 11.5 Å². The molecule has 0 aliphatic heterocycles. The van der Waals surface area contributed by atoms with E-state index >= 15 is 0 Å². The number of hydrogen-bond donors (Lipinski definition) is 4. The number of amides is 2. The van der Waals surface area contributed by atoms with Crippen molar-refractivity contribution >= 4 is 28.8 Å². The summed E-state index contributed by atoms with van der Waals surface area (Å²) in [6.07, 6.45) is -4.66. The number of H-pyrrole nitrogens is 1. The van der Waals surface area contributed by atoms with Gasteiger partial charge in [0.15, 0.2) is 0 Å². The van der Waals surface area contributed by atoms with Crippen LogP contribution < -0.4 is 16.0 Å². The highest BCUT2D eigenvalue weighted by Crippen LogP contribution is 2.32. The average Bonchev–Trinajstić information content (AvgIpc) is 3.18. The van der Waals surface area contributed by atoms with Crippen molar-refractivity contribution in [2.75, 3.05) is 32.1 Å². The van der Waals surface area contributed by atoms with Crippen LogP contribution in [0.3, 0.4) is 0 Å². The first-order valence-corrected chi connectivity index (χ1v) is 10.2. The van der Waals surface area contributed by atoms with Crippen LogP contribution >= 0.6 is 0 Å². The van der Waals surface area contributed by atoms with Crippen molar-refractivity contribution in [3.05, 3.63) is 59.7 Å². The topological polar surface area (TPSA) is 108 Å². The zero-order valence-corrected chi connectivity index (χ0v) is 17.8. The highest BCUT2D eigenvalue weighted by atomic mass is 19.4. The predicted octanol–water partition coefficient (Wildman–Crippen LogP) is 3.00.